The number of aliphatic hydroxyl groups is 1. The van der Waals surface area contributed by atoms with Crippen molar-refractivity contribution in [1.29, 1.82) is 0 Å². The zero-order chi connectivity index (χ0) is 29.5. The Kier molecular flexibility index (Phi) is 9.34. The lowest BCUT2D eigenvalue weighted by Crippen LogP contribution is -2.51. The minimum Gasteiger partial charge on any atom is -0.494 e. The predicted molar refractivity (Wildman–Crippen MR) is 145 cm³/mol. The number of hydrogen-bond donors (Lipinski definition) is 2. The molecule has 218 valence electrons. The second-order valence-electron chi connectivity index (χ2n) is 9.38. The first-order valence-electron chi connectivity index (χ1n) is 12.8. The highest BCUT2D eigenvalue weighted by atomic mass is 32.2. The molecule has 3 aromatic rings. The Morgan fingerprint density at radius 2 is 1.63 bits per heavy atom. The van der Waals surface area contributed by atoms with E-state index in [0.717, 1.165) is 0 Å². The van der Waals surface area contributed by atoms with E-state index in [9.17, 15) is 26.4 Å². The van der Waals surface area contributed by atoms with E-state index < -0.39 is 52.3 Å². The van der Waals surface area contributed by atoms with Crippen molar-refractivity contribution in [1.82, 2.24) is 5.32 Å². The number of amides is 1. The standard InChI is InChI=1S/C29H29F3N2O6S/c30-29(31,32)20-33-27(36)28(16-19-41(37,38)24-10-5-2-6-11-24)25(21-8-3-1-4-9-21)40-26(34-28)22-12-14-23(15-13-22)39-18-7-17-35/h1-6,8-15,25,35H,7,16-20H2,(H,33,36)/t25-,28-/m1/s1. The van der Waals surface area contributed by atoms with Gasteiger partial charge in [-0.25, -0.2) is 13.4 Å². The van der Waals surface area contributed by atoms with Gasteiger partial charge in [-0.1, -0.05) is 48.5 Å². The van der Waals surface area contributed by atoms with E-state index in [1.165, 1.54) is 12.1 Å². The maximum Gasteiger partial charge on any atom is 0.405 e. The molecular formula is C29H29F3N2O6S. The molecule has 41 heavy (non-hydrogen) atoms. The van der Waals surface area contributed by atoms with Crippen molar-refractivity contribution >= 4 is 21.6 Å². The highest BCUT2D eigenvalue weighted by Crippen LogP contribution is 2.43. The topological polar surface area (TPSA) is 114 Å². The summed E-state index contributed by atoms with van der Waals surface area (Å²) in [6, 6.07) is 22.4. The number of aliphatic imine (C=N–C) groups is 1. The Balaban J connectivity index is 1.74. The van der Waals surface area contributed by atoms with Crippen LogP contribution in [0.2, 0.25) is 0 Å². The summed E-state index contributed by atoms with van der Waals surface area (Å²) in [5.74, 6) is -1.20. The second-order valence-corrected chi connectivity index (χ2v) is 11.5. The number of rotatable bonds is 12. The number of hydrogen-bond acceptors (Lipinski definition) is 7. The quantitative estimate of drug-likeness (QED) is 0.305. The number of benzene rings is 3. The molecule has 0 aliphatic carbocycles. The monoisotopic (exact) mass is 590 g/mol. The fourth-order valence-corrected chi connectivity index (χ4v) is 5.75. The van der Waals surface area contributed by atoms with Gasteiger partial charge >= 0.3 is 6.18 Å². The first-order valence-corrected chi connectivity index (χ1v) is 14.5. The summed E-state index contributed by atoms with van der Waals surface area (Å²) in [6.07, 6.45) is -5.91. The normalized spacial score (nSPS) is 18.8. The molecule has 0 spiro atoms. The molecule has 0 bridgehead atoms. The third-order valence-electron chi connectivity index (χ3n) is 6.44. The third kappa shape index (κ3) is 7.44. The Hall–Kier alpha value is -3.90. The lowest BCUT2D eigenvalue weighted by atomic mass is 9.85. The molecule has 0 radical (unpaired) electrons. The first-order chi connectivity index (χ1) is 19.5. The molecule has 8 nitrogen and oxygen atoms in total. The minimum absolute atomic E-state index is 0.0158. The first kappa shape index (κ1) is 30.1. The Bertz CT molecular complexity index is 1450. The molecule has 3 aromatic carbocycles. The molecule has 1 heterocycles. The lowest BCUT2D eigenvalue weighted by molar-refractivity contribution is -0.143. The lowest BCUT2D eigenvalue weighted by Gasteiger charge is -2.30. The number of ether oxygens (including phenoxy) is 2. The summed E-state index contributed by atoms with van der Waals surface area (Å²) in [5.41, 5.74) is -1.17. The number of nitrogens with zero attached hydrogens (tertiary/aromatic N) is 1. The molecule has 1 aliphatic heterocycles. The Labute approximate surface area is 235 Å². The molecule has 0 saturated carbocycles. The third-order valence-corrected chi connectivity index (χ3v) is 8.17. The molecule has 0 saturated heterocycles. The van der Waals surface area contributed by atoms with E-state index in [4.69, 9.17) is 14.6 Å². The van der Waals surface area contributed by atoms with Gasteiger partial charge in [0.05, 0.1) is 17.3 Å². The molecule has 0 unspecified atom stereocenters. The predicted octanol–water partition coefficient (Wildman–Crippen LogP) is 4.25. The summed E-state index contributed by atoms with van der Waals surface area (Å²) in [5, 5.41) is 10.8. The number of nitrogens with one attached hydrogen (secondary N) is 1. The number of aliphatic hydroxyl groups excluding tert-OH is 1. The molecule has 2 N–H and O–H groups in total. The van der Waals surface area contributed by atoms with Gasteiger partial charge in [-0.3, -0.25) is 4.79 Å². The summed E-state index contributed by atoms with van der Waals surface area (Å²) < 4.78 is 77.4. The van der Waals surface area contributed by atoms with Crippen LogP contribution in [-0.4, -0.2) is 62.6 Å². The summed E-state index contributed by atoms with van der Waals surface area (Å²) in [4.78, 5) is 18.1. The van der Waals surface area contributed by atoms with Crippen LogP contribution in [0.3, 0.4) is 0 Å². The van der Waals surface area contributed by atoms with Crippen LogP contribution >= 0.6 is 0 Å². The average Bonchev–Trinajstić information content (AvgIpc) is 3.37. The van der Waals surface area contributed by atoms with Crippen LogP contribution in [0.5, 0.6) is 5.75 Å². The number of alkyl halides is 3. The highest BCUT2D eigenvalue weighted by Gasteiger charge is 2.54. The summed E-state index contributed by atoms with van der Waals surface area (Å²) in [6.45, 7) is -1.35. The Morgan fingerprint density at radius 3 is 2.24 bits per heavy atom. The van der Waals surface area contributed by atoms with Gasteiger partial charge in [0.15, 0.2) is 21.5 Å². The fraction of sp³-hybridized carbons (Fsp3) is 0.310. The van der Waals surface area contributed by atoms with Crippen molar-refractivity contribution in [2.45, 2.75) is 35.6 Å². The van der Waals surface area contributed by atoms with Crippen LogP contribution in [0.25, 0.3) is 0 Å². The van der Waals surface area contributed by atoms with Crippen LogP contribution in [0.15, 0.2) is 94.8 Å². The van der Waals surface area contributed by atoms with E-state index in [1.807, 2.05) is 5.32 Å². The number of halogens is 3. The van der Waals surface area contributed by atoms with Gasteiger partial charge in [-0.2, -0.15) is 13.2 Å². The van der Waals surface area contributed by atoms with Crippen LogP contribution in [0.4, 0.5) is 13.2 Å². The van der Waals surface area contributed by atoms with Gasteiger partial charge in [-0.05, 0) is 42.0 Å². The van der Waals surface area contributed by atoms with Gasteiger partial charge in [0.25, 0.3) is 5.91 Å². The maximum absolute atomic E-state index is 13.6. The van der Waals surface area contributed by atoms with Crippen molar-refractivity contribution in [3.63, 3.8) is 0 Å². The average molecular weight is 591 g/mol. The minimum atomic E-state index is -4.70. The smallest absolute Gasteiger partial charge is 0.405 e. The maximum atomic E-state index is 13.6. The van der Waals surface area contributed by atoms with E-state index >= 15 is 0 Å². The van der Waals surface area contributed by atoms with Crippen molar-refractivity contribution in [2.24, 2.45) is 4.99 Å². The van der Waals surface area contributed by atoms with Crippen LogP contribution in [0, 0.1) is 0 Å². The fourth-order valence-electron chi connectivity index (χ4n) is 4.37. The van der Waals surface area contributed by atoms with Crippen molar-refractivity contribution < 1.29 is 41.0 Å². The number of carbonyl (C=O) groups excluding carboxylic acids is 1. The van der Waals surface area contributed by atoms with E-state index in [-0.39, 0.29) is 17.4 Å². The van der Waals surface area contributed by atoms with Gasteiger partial charge in [-0.15, -0.1) is 0 Å². The second kappa shape index (κ2) is 12.7. The number of carbonyl (C=O) groups is 1. The van der Waals surface area contributed by atoms with E-state index in [2.05, 4.69) is 4.99 Å². The SMILES string of the molecule is O=C(NCC(F)(F)F)[C@]1(CCS(=O)(=O)c2ccccc2)N=C(c2ccc(OCCCO)cc2)O[C@@H]1c1ccccc1. The van der Waals surface area contributed by atoms with E-state index in [0.29, 0.717) is 29.9 Å². The zero-order valence-electron chi connectivity index (χ0n) is 21.9. The van der Waals surface area contributed by atoms with Crippen molar-refractivity contribution in [3.8, 4) is 5.75 Å². The molecule has 1 aliphatic rings. The van der Waals surface area contributed by atoms with Gasteiger partial charge in [0, 0.05) is 25.0 Å². The molecule has 0 fully saturated rings. The van der Waals surface area contributed by atoms with E-state index in [1.54, 1.807) is 72.8 Å². The molecular weight excluding hydrogens is 561 g/mol. The van der Waals surface area contributed by atoms with Crippen LogP contribution in [0.1, 0.15) is 30.1 Å². The van der Waals surface area contributed by atoms with Crippen LogP contribution in [-0.2, 0) is 19.4 Å². The molecule has 2 atom stereocenters. The molecule has 12 heteroatoms. The molecule has 0 aromatic heterocycles. The summed E-state index contributed by atoms with van der Waals surface area (Å²) >= 11 is 0. The zero-order valence-corrected chi connectivity index (χ0v) is 22.7. The van der Waals surface area contributed by atoms with Crippen LogP contribution < -0.4 is 10.1 Å². The highest BCUT2D eigenvalue weighted by molar-refractivity contribution is 7.91. The Morgan fingerprint density at radius 1 is 1.00 bits per heavy atom. The van der Waals surface area contributed by atoms with Crippen molar-refractivity contribution in [2.75, 3.05) is 25.5 Å². The molecule has 1 amide bonds. The molecule has 4 rings (SSSR count). The summed E-state index contributed by atoms with van der Waals surface area (Å²) in [7, 11) is -3.93. The number of sulfone groups is 1. The van der Waals surface area contributed by atoms with Crippen molar-refractivity contribution in [3.05, 3.63) is 96.1 Å². The van der Waals surface area contributed by atoms with Gasteiger partial charge in [0.1, 0.15) is 12.3 Å². The van der Waals surface area contributed by atoms with Gasteiger partial charge < -0.3 is 19.9 Å². The largest absolute Gasteiger partial charge is 0.494 e. The van der Waals surface area contributed by atoms with Gasteiger partial charge in [0.2, 0.25) is 5.90 Å².